The first kappa shape index (κ1) is 25.5. The summed E-state index contributed by atoms with van der Waals surface area (Å²) in [7, 11) is 2.99. The van der Waals surface area contributed by atoms with Gasteiger partial charge in [-0.1, -0.05) is 18.2 Å². The Hall–Kier alpha value is -3.61. The van der Waals surface area contributed by atoms with Crippen LogP contribution in [0.3, 0.4) is 0 Å². The minimum atomic E-state index is -4.82. The van der Waals surface area contributed by atoms with E-state index < -0.39 is 28.9 Å². The molecule has 2 N–H and O–H groups in total. The highest BCUT2D eigenvalue weighted by molar-refractivity contribution is 5.78. The predicted molar refractivity (Wildman–Crippen MR) is 124 cm³/mol. The maximum absolute atomic E-state index is 13.8. The maximum Gasteiger partial charge on any atom is 0.436 e. The molecule has 1 aromatic carbocycles. The van der Waals surface area contributed by atoms with Gasteiger partial charge in [-0.3, -0.25) is 4.79 Å². The summed E-state index contributed by atoms with van der Waals surface area (Å²) in [5.74, 6) is 0.784. The Balaban J connectivity index is 1.64. The molecule has 194 valence electrons. The molecular formula is C23H27F3N6O4. The Morgan fingerprint density at radius 2 is 1.97 bits per heavy atom. The SMILES string of the molecule is COc1ccccc1Cc1nc2c(c(C(F)(F)F)nn2C2CCN(CCN(C)C(=O)O)CC2)c(=O)[nH]1. The normalized spacial score (nSPS) is 15.4. The van der Waals surface area contributed by atoms with E-state index in [1.54, 1.807) is 24.3 Å². The van der Waals surface area contributed by atoms with Crippen molar-refractivity contribution in [1.29, 1.82) is 0 Å². The Morgan fingerprint density at radius 1 is 1.28 bits per heavy atom. The number of aromatic amines is 1. The zero-order valence-corrected chi connectivity index (χ0v) is 19.9. The number of piperidine rings is 1. The van der Waals surface area contributed by atoms with Gasteiger partial charge >= 0.3 is 12.3 Å². The second-order valence-corrected chi connectivity index (χ2v) is 8.77. The molecule has 1 aliphatic rings. The van der Waals surface area contributed by atoms with Crippen molar-refractivity contribution in [2.24, 2.45) is 0 Å². The van der Waals surface area contributed by atoms with Gasteiger partial charge in [0.25, 0.3) is 5.56 Å². The number of hydrogen-bond donors (Lipinski definition) is 2. The fourth-order valence-corrected chi connectivity index (χ4v) is 4.43. The molecule has 1 amide bonds. The summed E-state index contributed by atoms with van der Waals surface area (Å²) in [4.78, 5) is 33.9. The van der Waals surface area contributed by atoms with E-state index in [1.165, 1.54) is 23.7 Å². The number of benzene rings is 1. The van der Waals surface area contributed by atoms with Crippen molar-refractivity contribution in [3.63, 3.8) is 0 Å². The molecule has 13 heteroatoms. The number of carboxylic acid groups (broad SMARTS) is 1. The molecule has 4 rings (SSSR count). The van der Waals surface area contributed by atoms with Crippen LogP contribution in [0.25, 0.3) is 11.0 Å². The summed E-state index contributed by atoms with van der Waals surface area (Å²) in [6.07, 6.45) is -4.70. The first-order valence-corrected chi connectivity index (χ1v) is 11.5. The van der Waals surface area contributed by atoms with Crippen LogP contribution >= 0.6 is 0 Å². The van der Waals surface area contributed by atoms with Gasteiger partial charge in [0.2, 0.25) is 0 Å². The zero-order chi connectivity index (χ0) is 26.0. The molecule has 3 heterocycles. The number of methoxy groups -OCH3 is 1. The standard InChI is InChI=1S/C23H27F3N6O4/c1-30(22(34)35)11-12-31-9-7-15(8-10-31)32-20-18(19(29-32)23(24,25)26)21(33)28-17(27-20)13-14-5-3-4-6-16(14)36-2/h3-6,15H,7-13H2,1-2H3,(H,34,35)(H,27,28,33). The highest BCUT2D eigenvalue weighted by atomic mass is 19.4. The largest absolute Gasteiger partial charge is 0.496 e. The molecule has 1 aliphatic heterocycles. The van der Waals surface area contributed by atoms with E-state index in [2.05, 4.69) is 20.0 Å². The minimum Gasteiger partial charge on any atom is -0.496 e. The lowest BCUT2D eigenvalue weighted by Gasteiger charge is -2.32. The fourth-order valence-electron chi connectivity index (χ4n) is 4.43. The average Bonchev–Trinajstić information content (AvgIpc) is 3.24. The lowest BCUT2D eigenvalue weighted by molar-refractivity contribution is -0.140. The van der Waals surface area contributed by atoms with Crippen LogP contribution in [0.1, 0.15) is 36.0 Å². The smallest absolute Gasteiger partial charge is 0.436 e. The second kappa shape index (κ2) is 10.2. The van der Waals surface area contributed by atoms with Gasteiger partial charge < -0.3 is 24.6 Å². The van der Waals surface area contributed by atoms with Gasteiger partial charge in [-0.15, -0.1) is 0 Å². The van der Waals surface area contributed by atoms with Crippen LogP contribution in [0.5, 0.6) is 5.75 Å². The topological polar surface area (TPSA) is 117 Å². The number of H-pyrrole nitrogens is 1. The number of aromatic nitrogens is 4. The van der Waals surface area contributed by atoms with Crippen LogP contribution in [-0.2, 0) is 12.6 Å². The number of ether oxygens (including phenoxy) is 1. The molecule has 0 saturated carbocycles. The van der Waals surface area contributed by atoms with Crippen LogP contribution in [0.15, 0.2) is 29.1 Å². The van der Waals surface area contributed by atoms with Gasteiger partial charge in [-0.25, -0.2) is 14.5 Å². The van der Waals surface area contributed by atoms with Gasteiger partial charge in [0.05, 0.1) is 13.2 Å². The number of nitrogens with zero attached hydrogens (tertiary/aromatic N) is 5. The van der Waals surface area contributed by atoms with Crippen molar-refractivity contribution < 1.29 is 27.8 Å². The summed E-state index contributed by atoms with van der Waals surface area (Å²) in [5.41, 5.74) is -1.51. The molecule has 1 saturated heterocycles. The quantitative estimate of drug-likeness (QED) is 0.504. The predicted octanol–water partition coefficient (Wildman–Crippen LogP) is 2.98. The monoisotopic (exact) mass is 508 g/mol. The van der Waals surface area contributed by atoms with E-state index in [4.69, 9.17) is 9.84 Å². The van der Waals surface area contributed by atoms with E-state index >= 15 is 0 Å². The molecule has 0 atom stereocenters. The van der Waals surface area contributed by atoms with Crippen LogP contribution in [0, 0.1) is 0 Å². The molecule has 0 aliphatic carbocycles. The number of halogens is 3. The van der Waals surface area contributed by atoms with Crippen LogP contribution < -0.4 is 10.3 Å². The van der Waals surface area contributed by atoms with Crippen molar-refractivity contribution >= 4 is 17.1 Å². The Labute approximate surface area is 204 Å². The highest BCUT2D eigenvalue weighted by Crippen LogP contribution is 2.35. The molecule has 10 nitrogen and oxygen atoms in total. The van der Waals surface area contributed by atoms with Crippen LogP contribution in [0.2, 0.25) is 0 Å². The van der Waals surface area contributed by atoms with Crippen molar-refractivity contribution in [3.05, 3.63) is 51.7 Å². The number of alkyl halides is 3. The summed E-state index contributed by atoms with van der Waals surface area (Å²) in [6.45, 7) is 1.95. The van der Waals surface area contributed by atoms with Crippen molar-refractivity contribution in [2.45, 2.75) is 31.5 Å². The molecule has 1 fully saturated rings. The Kier molecular flexibility index (Phi) is 7.20. The number of hydrogen-bond acceptors (Lipinski definition) is 6. The Bertz CT molecular complexity index is 1300. The van der Waals surface area contributed by atoms with Gasteiger partial charge in [0, 0.05) is 45.2 Å². The number of para-hydroxylation sites is 1. The van der Waals surface area contributed by atoms with Crippen molar-refractivity contribution in [3.8, 4) is 5.75 Å². The third-order valence-electron chi connectivity index (χ3n) is 6.41. The first-order valence-electron chi connectivity index (χ1n) is 11.5. The number of carbonyl (C=O) groups is 1. The minimum absolute atomic E-state index is 0.0972. The van der Waals surface area contributed by atoms with Gasteiger partial charge in [-0.05, 0) is 18.9 Å². The summed E-state index contributed by atoms with van der Waals surface area (Å²) in [6, 6.07) is 6.74. The number of amides is 1. The number of nitrogens with one attached hydrogen (secondary N) is 1. The maximum atomic E-state index is 13.8. The van der Waals surface area contributed by atoms with Crippen molar-refractivity contribution in [1.82, 2.24) is 29.5 Å². The molecule has 0 spiro atoms. The third kappa shape index (κ3) is 5.30. The Morgan fingerprint density at radius 3 is 2.61 bits per heavy atom. The van der Waals surface area contributed by atoms with E-state index in [-0.39, 0.29) is 23.9 Å². The number of fused-ring (bicyclic) bond motifs is 1. The van der Waals surface area contributed by atoms with Crippen LogP contribution in [-0.4, -0.2) is 81.1 Å². The fraction of sp³-hybridized carbons (Fsp3) is 0.478. The van der Waals surface area contributed by atoms with E-state index in [0.29, 0.717) is 44.8 Å². The summed E-state index contributed by atoms with van der Waals surface area (Å²) in [5, 5.41) is 12.3. The van der Waals surface area contributed by atoms with E-state index in [1.807, 2.05) is 0 Å². The summed E-state index contributed by atoms with van der Waals surface area (Å²) >= 11 is 0. The second-order valence-electron chi connectivity index (χ2n) is 8.77. The third-order valence-corrected chi connectivity index (χ3v) is 6.41. The van der Waals surface area contributed by atoms with Gasteiger partial charge in [-0.2, -0.15) is 18.3 Å². The molecule has 3 aromatic rings. The van der Waals surface area contributed by atoms with E-state index in [0.717, 1.165) is 5.56 Å². The first-order chi connectivity index (χ1) is 17.1. The van der Waals surface area contributed by atoms with Crippen LogP contribution in [0.4, 0.5) is 18.0 Å². The number of likely N-dealkylation sites (N-methyl/N-ethyl adjacent to an activating group) is 1. The van der Waals surface area contributed by atoms with Gasteiger partial charge in [0.15, 0.2) is 11.3 Å². The lowest BCUT2D eigenvalue weighted by Crippen LogP contribution is -2.40. The molecule has 0 radical (unpaired) electrons. The lowest BCUT2D eigenvalue weighted by atomic mass is 10.1. The summed E-state index contributed by atoms with van der Waals surface area (Å²) < 4.78 is 48.0. The van der Waals surface area contributed by atoms with Gasteiger partial charge in [0.1, 0.15) is 17.0 Å². The number of likely N-dealkylation sites (tertiary alicyclic amines) is 1. The molecule has 36 heavy (non-hydrogen) atoms. The average molecular weight is 509 g/mol. The highest BCUT2D eigenvalue weighted by Gasteiger charge is 2.40. The zero-order valence-electron chi connectivity index (χ0n) is 19.9. The molecule has 2 aromatic heterocycles. The number of rotatable bonds is 7. The van der Waals surface area contributed by atoms with E-state index in [9.17, 15) is 22.8 Å². The molecule has 0 unspecified atom stereocenters. The molecular weight excluding hydrogens is 481 g/mol. The van der Waals surface area contributed by atoms with Crippen molar-refractivity contribution in [2.75, 3.05) is 40.3 Å². The molecule has 0 bridgehead atoms.